The summed E-state index contributed by atoms with van der Waals surface area (Å²) in [6.07, 6.45) is 4.37. The quantitative estimate of drug-likeness (QED) is 0.253. The second kappa shape index (κ2) is 10.2. The molecule has 0 fully saturated rings. The molecule has 112 valence electrons. The third-order valence-electron chi connectivity index (χ3n) is 2.62. The van der Waals surface area contributed by atoms with E-state index in [0.29, 0.717) is 18.8 Å². The number of hydrogen-bond acceptors (Lipinski definition) is 4. The Hall–Kier alpha value is -0.653. The molecule has 4 nitrogen and oxygen atoms in total. The van der Waals surface area contributed by atoms with E-state index in [4.69, 9.17) is 13.6 Å². The first-order chi connectivity index (χ1) is 8.95. The molecular formula is C14H28O4Si. The van der Waals surface area contributed by atoms with E-state index < -0.39 is 8.56 Å². The smallest absolute Gasteiger partial charge is 0.374 e. The Morgan fingerprint density at radius 1 is 1.11 bits per heavy atom. The fraction of sp³-hybridized carbons (Fsp3) is 0.786. The van der Waals surface area contributed by atoms with Gasteiger partial charge >= 0.3 is 14.5 Å². The number of hydrogen-bond donors (Lipinski definition) is 0. The molecule has 0 bridgehead atoms. The van der Waals surface area contributed by atoms with Gasteiger partial charge < -0.3 is 13.6 Å². The molecule has 0 heterocycles. The van der Waals surface area contributed by atoms with Gasteiger partial charge in [-0.3, -0.25) is 0 Å². The average molecular weight is 288 g/mol. The molecule has 0 saturated heterocycles. The molecule has 0 radical (unpaired) electrons. The Balaban J connectivity index is 4.29. The first kappa shape index (κ1) is 18.3. The minimum atomic E-state index is -2.42. The molecule has 0 aromatic heterocycles. The highest BCUT2D eigenvalue weighted by atomic mass is 28.4. The van der Waals surface area contributed by atoms with Gasteiger partial charge in [0.05, 0.1) is 0 Å². The van der Waals surface area contributed by atoms with Crippen molar-refractivity contribution in [1.82, 2.24) is 0 Å². The first-order valence-electron chi connectivity index (χ1n) is 7.05. The lowest BCUT2D eigenvalue weighted by molar-refractivity contribution is -0.138. The summed E-state index contributed by atoms with van der Waals surface area (Å²) in [4.78, 5) is 11.4. The van der Waals surface area contributed by atoms with Crippen molar-refractivity contribution in [2.75, 3.05) is 19.4 Å². The van der Waals surface area contributed by atoms with Gasteiger partial charge in [-0.05, 0) is 26.3 Å². The van der Waals surface area contributed by atoms with Crippen LogP contribution in [0.4, 0.5) is 0 Å². The average Bonchev–Trinajstić information content (AvgIpc) is 2.36. The summed E-state index contributed by atoms with van der Waals surface area (Å²) < 4.78 is 16.9. The van der Waals surface area contributed by atoms with Gasteiger partial charge in [0.1, 0.15) is 6.23 Å². The van der Waals surface area contributed by atoms with Crippen molar-refractivity contribution in [3.05, 3.63) is 12.2 Å². The standard InChI is InChI=1S/C14H28O4Si/c1-6-8-10-17-19(5,18-11-9-7-2)12-16-14(15)13(3)4/h3,6-12H2,1-2,4-5H3. The van der Waals surface area contributed by atoms with Crippen molar-refractivity contribution >= 4 is 14.5 Å². The summed E-state index contributed by atoms with van der Waals surface area (Å²) in [6, 6.07) is 0. The molecule has 0 aliphatic rings. The van der Waals surface area contributed by atoms with Crippen LogP contribution in [0.15, 0.2) is 12.2 Å². The SMILES string of the molecule is C=C(C)C(=O)OC[Si](C)(OCCCC)OCCCC. The molecule has 0 amide bonds. The van der Waals surface area contributed by atoms with E-state index in [1.807, 2.05) is 6.55 Å². The highest BCUT2D eigenvalue weighted by Crippen LogP contribution is 2.11. The molecule has 0 N–H and O–H groups in total. The van der Waals surface area contributed by atoms with E-state index >= 15 is 0 Å². The zero-order valence-corrected chi connectivity index (χ0v) is 13.8. The highest BCUT2D eigenvalue weighted by Gasteiger charge is 2.33. The number of carbonyl (C=O) groups excluding carboxylic acids is 1. The van der Waals surface area contributed by atoms with E-state index in [-0.39, 0.29) is 12.2 Å². The number of carbonyl (C=O) groups is 1. The molecule has 5 heteroatoms. The third-order valence-corrected chi connectivity index (χ3v) is 4.92. The van der Waals surface area contributed by atoms with Gasteiger partial charge in [0.15, 0.2) is 0 Å². The number of esters is 1. The largest absolute Gasteiger partial charge is 0.460 e. The molecule has 19 heavy (non-hydrogen) atoms. The van der Waals surface area contributed by atoms with Crippen LogP contribution in [0.2, 0.25) is 6.55 Å². The summed E-state index contributed by atoms with van der Waals surface area (Å²) in [5, 5.41) is 0. The molecule has 0 saturated carbocycles. The lowest BCUT2D eigenvalue weighted by Crippen LogP contribution is -2.45. The van der Waals surface area contributed by atoms with Crippen LogP contribution < -0.4 is 0 Å². The second-order valence-corrected chi connectivity index (χ2v) is 8.03. The van der Waals surface area contributed by atoms with Crippen LogP contribution in [0.5, 0.6) is 0 Å². The molecule has 0 rings (SSSR count). The summed E-state index contributed by atoms with van der Waals surface area (Å²) in [5.74, 6) is -0.378. The third kappa shape index (κ3) is 8.97. The van der Waals surface area contributed by atoms with Crippen LogP contribution in [-0.2, 0) is 18.4 Å². The van der Waals surface area contributed by atoms with Crippen LogP contribution in [0.1, 0.15) is 46.5 Å². The zero-order chi connectivity index (χ0) is 14.7. The van der Waals surface area contributed by atoms with Crippen LogP contribution in [0.25, 0.3) is 0 Å². The van der Waals surface area contributed by atoms with E-state index in [1.54, 1.807) is 6.92 Å². The van der Waals surface area contributed by atoms with Crippen molar-refractivity contribution in [1.29, 1.82) is 0 Å². The maximum atomic E-state index is 11.4. The van der Waals surface area contributed by atoms with Crippen molar-refractivity contribution in [2.45, 2.75) is 53.0 Å². The predicted octanol–water partition coefficient (Wildman–Crippen LogP) is 3.35. The van der Waals surface area contributed by atoms with Crippen LogP contribution in [0.3, 0.4) is 0 Å². The van der Waals surface area contributed by atoms with Gasteiger partial charge in [-0.1, -0.05) is 33.3 Å². The Morgan fingerprint density at radius 2 is 1.58 bits per heavy atom. The number of ether oxygens (including phenoxy) is 1. The van der Waals surface area contributed by atoms with Crippen LogP contribution in [0, 0.1) is 0 Å². The number of unbranched alkanes of at least 4 members (excludes halogenated alkanes) is 2. The lowest BCUT2D eigenvalue weighted by Gasteiger charge is -2.26. The molecule has 0 unspecified atom stereocenters. The van der Waals surface area contributed by atoms with Gasteiger partial charge in [-0.15, -0.1) is 0 Å². The monoisotopic (exact) mass is 288 g/mol. The first-order valence-corrected chi connectivity index (χ1v) is 9.58. The van der Waals surface area contributed by atoms with Gasteiger partial charge in [0.25, 0.3) is 0 Å². The second-order valence-electron chi connectivity index (χ2n) is 4.89. The molecule has 0 atom stereocenters. The summed E-state index contributed by atoms with van der Waals surface area (Å²) in [7, 11) is -2.42. The number of rotatable bonds is 11. The molecule has 0 aromatic rings. The van der Waals surface area contributed by atoms with Crippen molar-refractivity contribution in [3.63, 3.8) is 0 Å². The van der Waals surface area contributed by atoms with Crippen molar-refractivity contribution in [2.24, 2.45) is 0 Å². The normalized spacial score (nSPS) is 11.4. The van der Waals surface area contributed by atoms with Gasteiger partial charge in [0, 0.05) is 18.8 Å². The molecule has 0 spiro atoms. The Labute approximate surface area is 118 Å². The Bertz CT molecular complexity index is 269. The zero-order valence-electron chi connectivity index (χ0n) is 12.8. The topological polar surface area (TPSA) is 44.8 Å². The van der Waals surface area contributed by atoms with E-state index in [1.165, 1.54) is 0 Å². The van der Waals surface area contributed by atoms with Gasteiger partial charge in [0.2, 0.25) is 0 Å². The fourth-order valence-corrected chi connectivity index (χ4v) is 3.11. The minimum absolute atomic E-state index is 0.228. The summed E-state index contributed by atoms with van der Waals surface area (Å²) in [5.41, 5.74) is 0.401. The summed E-state index contributed by atoms with van der Waals surface area (Å²) >= 11 is 0. The van der Waals surface area contributed by atoms with E-state index in [0.717, 1.165) is 25.7 Å². The Morgan fingerprint density at radius 3 is 1.95 bits per heavy atom. The molecule has 0 aliphatic heterocycles. The predicted molar refractivity (Wildman–Crippen MR) is 79.1 cm³/mol. The van der Waals surface area contributed by atoms with Crippen LogP contribution in [-0.4, -0.2) is 34.0 Å². The maximum Gasteiger partial charge on any atom is 0.374 e. The summed E-state index contributed by atoms with van der Waals surface area (Å²) in [6.45, 7) is 12.7. The van der Waals surface area contributed by atoms with Crippen LogP contribution >= 0.6 is 0 Å². The fourth-order valence-electron chi connectivity index (χ4n) is 1.31. The van der Waals surface area contributed by atoms with Gasteiger partial charge in [-0.25, -0.2) is 4.79 Å². The maximum absolute atomic E-state index is 11.4. The molecular weight excluding hydrogens is 260 g/mol. The Kier molecular flexibility index (Phi) is 9.82. The van der Waals surface area contributed by atoms with Crippen molar-refractivity contribution in [3.8, 4) is 0 Å². The lowest BCUT2D eigenvalue weighted by atomic mass is 10.4. The molecule has 0 aliphatic carbocycles. The molecule has 0 aromatic carbocycles. The van der Waals surface area contributed by atoms with Gasteiger partial charge in [-0.2, -0.15) is 0 Å². The van der Waals surface area contributed by atoms with E-state index in [2.05, 4.69) is 20.4 Å². The van der Waals surface area contributed by atoms with Crippen molar-refractivity contribution < 1.29 is 18.4 Å². The highest BCUT2D eigenvalue weighted by molar-refractivity contribution is 6.66. The van der Waals surface area contributed by atoms with E-state index in [9.17, 15) is 4.79 Å². The minimum Gasteiger partial charge on any atom is -0.460 e.